The van der Waals surface area contributed by atoms with E-state index >= 15 is 0 Å². The van der Waals surface area contributed by atoms with Crippen LogP contribution in [0.2, 0.25) is 0 Å². The van der Waals surface area contributed by atoms with Crippen LogP contribution in [-0.4, -0.2) is 64.8 Å². The number of hydrogen-bond donors (Lipinski definition) is 3. The summed E-state index contributed by atoms with van der Waals surface area (Å²) < 4.78 is 6.05. The summed E-state index contributed by atoms with van der Waals surface area (Å²) in [5, 5.41) is 17.3. The molecule has 0 aliphatic carbocycles. The number of aliphatic hydroxyl groups is 1. The van der Waals surface area contributed by atoms with Gasteiger partial charge < -0.3 is 25.4 Å². The van der Waals surface area contributed by atoms with Crippen LogP contribution in [0.1, 0.15) is 57.3 Å². The molecule has 0 unspecified atom stereocenters. The van der Waals surface area contributed by atoms with Crippen LogP contribution in [0.3, 0.4) is 0 Å². The molecule has 2 atom stereocenters. The van der Waals surface area contributed by atoms with Crippen LogP contribution < -0.4 is 10.6 Å². The van der Waals surface area contributed by atoms with Crippen molar-refractivity contribution in [2.45, 2.75) is 70.2 Å². The highest BCUT2D eigenvalue weighted by Crippen LogP contribution is 2.40. The quantitative estimate of drug-likeness (QED) is 0.717. The van der Waals surface area contributed by atoms with E-state index in [1.165, 1.54) is 6.92 Å². The Labute approximate surface area is 172 Å². The Hall–Kier alpha value is -2.12. The number of benzene rings is 1. The molecule has 0 saturated carbocycles. The number of para-hydroxylation sites is 1. The Kier molecular flexibility index (Phi) is 6.19. The molecule has 3 rings (SSSR count). The van der Waals surface area contributed by atoms with Gasteiger partial charge in [-0.15, -0.1) is 0 Å². The van der Waals surface area contributed by atoms with Gasteiger partial charge in [0.1, 0.15) is 6.10 Å². The maximum atomic E-state index is 13.2. The van der Waals surface area contributed by atoms with Crippen molar-refractivity contribution in [1.82, 2.24) is 10.2 Å². The SMILES string of the molecule is CC(=O)N[C@@]1(C)CCOC2(CCN(C(=O)c3ccccc3NC(C)C)CC2)[C@@H]1O. The van der Waals surface area contributed by atoms with E-state index in [1.807, 2.05) is 49.9 Å². The molecule has 0 aromatic heterocycles. The molecule has 2 fully saturated rings. The van der Waals surface area contributed by atoms with Crippen LogP contribution in [0, 0.1) is 0 Å². The summed E-state index contributed by atoms with van der Waals surface area (Å²) in [7, 11) is 0. The van der Waals surface area contributed by atoms with Gasteiger partial charge in [-0.05, 0) is 52.2 Å². The van der Waals surface area contributed by atoms with Crippen molar-refractivity contribution >= 4 is 17.5 Å². The Bertz CT molecular complexity index is 758. The Morgan fingerprint density at radius 1 is 1.21 bits per heavy atom. The molecule has 160 valence electrons. The van der Waals surface area contributed by atoms with Crippen LogP contribution in [0.25, 0.3) is 0 Å². The highest BCUT2D eigenvalue weighted by Gasteiger charge is 2.54. The molecular formula is C22H33N3O4. The molecule has 7 nitrogen and oxygen atoms in total. The fourth-order valence-corrected chi connectivity index (χ4v) is 4.58. The van der Waals surface area contributed by atoms with E-state index in [0.29, 0.717) is 44.5 Å². The van der Waals surface area contributed by atoms with Gasteiger partial charge in [-0.1, -0.05) is 12.1 Å². The number of ether oxygens (including phenoxy) is 1. The van der Waals surface area contributed by atoms with Crippen molar-refractivity contribution in [2.24, 2.45) is 0 Å². The Morgan fingerprint density at radius 2 is 1.86 bits per heavy atom. The summed E-state index contributed by atoms with van der Waals surface area (Å²) in [4.78, 5) is 26.6. The number of amides is 2. The highest BCUT2D eigenvalue weighted by atomic mass is 16.5. The van der Waals surface area contributed by atoms with Gasteiger partial charge in [-0.2, -0.15) is 0 Å². The number of carbonyl (C=O) groups excluding carboxylic acids is 2. The molecular weight excluding hydrogens is 370 g/mol. The second kappa shape index (κ2) is 8.32. The maximum absolute atomic E-state index is 13.2. The van der Waals surface area contributed by atoms with E-state index in [-0.39, 0.29) is 17.9 Å². The second-order valence-corrected chi connectivity index (χ2v) is 8.80. The number of hydrogen-bond acceptors (Lipinski definition) is 5. The van der Waals surface area contributed by atoms with E-state index in [9.17, 15) is 14.7 Å². The summed E-state index contributed by atoms with van der Waals surface area (Å²) in [6.45, 7) is 8.89. The first-order valence-electron chi connectivity index (χ1n) is 10.4. The van der Waals surface area contributed by atoms with E-state index in [1.54, 1.807) is 0 Å². The van der Waals surface area contributed by atoms with E-state index in [2.05, 4.69) is 10.6 Å². The van der Waals surface area contributed by atoms with Gasteiger partial charge in [0.05, 0.1) is 16.7 Å². The molecule has 1 aromatic rings. The number of likely N-dealkylation sites (tertiary alicyclic amines) is 1. The normalized spacial score (nSPS) is 26.4. The average molecular weight is 404 g/mol. The van der Waals surface area contributed by atoms with Crippen molar-refractivity contribution in [1.29, 1.82) is 0 Å². The van der Waals surface area contributed by atoms with Crippen molar-refractivity contribution in [3.63, 3.8) is 0 Å². The molecule has 2 aliphatic heterocycles. The fourth-order valence-electron chi connectivity index (χ4n) is 4.58. The predicted molar refractivity (Wildman–Crippen MR) is 112 cm³/mol. The molecule has 0 bridgehead atoms. The Balaban J connectivity index is 1.72. The van der Waals surface area contributed by atoms with Crippen LogP contribution in [0.4, 0.5) is 5.69 Å². The minimum absolute atomic E-state index is 0.0153. The topological polar surface area (TPSA) is 90.9 Å². The zero-order valence-electron chi connectivity index (χ0n) is 17.8. The van der Waals surface area contributed by atoms with Gasteiger partial charge in [-0.3, -0.25) is 9.59 Å². The summed E-state index contributed by atoms with van der Waals surface area (Å²) >= 11 is 0. The van der Waals surface area contributed by atoms with Gasteiger partial charge in [0.2, 0.25) is 5.91 Å². The van der Waals surface area contributed by atoms with Crippen LogP contribution in [-0.2, 0) is 9.53 Å². The number of nitrogens with one attached hydrogen (secondary N) is 2. The second-order valence-electron chi connectivity index (χ2n) is 8.80. The summed E-state index contributed by atoms with van der Waals surface area (Å²) in [5.41, 5.74) is 0.0386. The van der Waals surface area contributed by atoms with Gasteiger partial charge in [0.15, 0.2) is 0 Å². The minimum Gasteiger partial charge on any atom is -0.388 e. The Morgan fingerprint density at radius 3 is 2.48 bits per heavy atom. The van der Waals surface area contributed by atoms with Crippen LogP contribution >= 0.6 is 0 Å². The zero-order valence-corrected chi connectivity index (χ0v) is 17.8. The van der Waals surface area contributed by atoms with Gasteiger partial charge in [0.25, 0.3) is 5.91 Å². The van der Waals surface area contributed by atoms with Crippen molar-refractivity contribution < 1.29 is 19.4 Å². The molecule has 2 heterocycles. The predicted octanol–water partition coefficient (Wildman–Crippen LogP) is 2.16. The minimum atomic E-state index is -0.820. The van der Waals surface area contributed by atoms with E-state index < -0.39 is 17.2 Å². The van der Waals surface area contributed by atoms with Gasteiger partial charge >= 0.3 is 0 Å². The monoisotopic (exact) mass is 403 g/mol. The molecule has 1 aromatic carbocycles. The number of anilines is 1. The molecule has 3 N–H and O–H groups in total. The number of rotatable bonds is 4. The molecule has 1 spiro atoms. The molecule has 29 heavy (non-hydrogen) atoms. The third-order valence-corrected chi connectivity index (χ3v) is 6.07. The summed E-state index contributed by atoms with van der Waals surface area (Å²) in [6, 6.07) is 7.78. The number of piperidine rings is 1. The molecule has 7 heteroatoms. The van der Waals surface area contributed by atoms with Gasteiger partial charge in [0, 0.05) is 38.3 Å². The third kappa shape index (κ3) is 4.41. The lowest BCUT2D eigenvalue weighted by Crippen LogP contribution is -2.69. The largest absolute Gasteiger partial charge is 0.388 e. The summed E-state index contributed by atoms with van der Waals surface area (Å²) in [5.74, 6) is -0.177. The van der Waals surface area contributed by atoms with Crippen molar-refractivity contribution in [3.05, 3.63) is 29.8 Å². The van der Waals surface area contributed by atoms with Crippen LogP contribution in [0.5, 0.6) is 0 Å². The smallest absolute Gasteiger partial charge is 0.255 e. The lowest BCUT2D eigenvalue weighted by molar-refractivity contribution is -0.205. The first-order valence-corrected chi connectivity index (χ1v) is 10.4. The highest BCUT2D eigenvalue weighted by molar-refractivity contribution is 5.99. The molecule has 2 aliphatic rings. The number of nitrogens with zero attached hydrogens (tertiary/aromatic N) is 1. The molecule has 2 saturated heterocycles. The number of aliphatic hydroxyl groups excluding tert-OH is 1. The molecule has 0 radical (unpaired) electrons. The first-order chi connectivity index (χ1) is 13.7. The van der Waals surface area contributed by atoms with Crippen LogP contribution in [0.15, 0.2) is 24.3 Å². The van der Waals surface area contributed by atoms with E-state index in [4.69, 9.17) is 4.74 Å². The summed E-state index contributed by atoms with van der Waals surface area (Å²) in [6.07, 6.45) is 0.815. The maximum Gasteiger partial charge on any atom is 0.255 e. The van der Waals surface area contributed by atoms with Crippen molar-refractivity contribution in [2.75, 3.05) is 25.0 Å². The lowest BCUT2D eigenvalue weighted by Gasteiger charge is -2.53. The average Bonchev–Trinajstić information content (AvgIpc) is 2.66. The van der Waals surface area contributed by atoms with Crippen molar-refractivity contribution in [3.8, 4) is 0 Å². The standard InChI is InChI=1S/C22H33N3O4/c1-15(2)23-18-8-6-5-7-17(18)19(27)25-12-9-22(10-13-25)20(28)21(4,11-14-29-22)24-16(3)26/h5-8,15,20,23,28H,9-14H2,1-4H3,(H,24,26)/t20-,21+/m1/s1. The third-order valence-electron chi connectivity index (χ3n) is 6.07. The van der Waals surface area contributed by atoms with Gasteiger partial charge in [-0.25, -0.2) is 0 Å². The van der Waals surface area contributed by atoms with E-state index in [0.717, 1.165) is 5.69 Å². The fraction of sp³-hybridized carbons (Fsp3) is 0.636. The lowest BCUT2D eigenvalue weighted by atomic mass is 9.73. The zero-order chi connectivity index (χ0) is 21.2. The molecule has 2 amide bonds. The number of carbonyl (C=O) groups is 2. The first kappa shape index (κ1) is 21.6.